The molecule has 0 heterocycles. The molecule has 5 heteroatoms. The van der Waals surface area contributed by atoms with Crippen LogP contribution in [0.3, 0.4) is 0 Å². The Morgan fingerprint density at radius 2 is 2.21 bits per heavy atom. The van der Waals surface area contributed by atoms with Crippen molar-refractivity contribution in [3.05, 3.63) is 34.6 Å². The largest absolute Gasteiger partial charge is 0.381 e. The number of benzene rings is 1. The lowest BCUT2D eigenvalue weighted by Gasteiger charge is -2.08. The second-order valence-corrected chi connectivity index (χ2v) is 5.14. The molecule has 0 aromatic heterocycles. The molecule has 0 fully saturated rings. The normalized spacial score (nSPS) is 10.8. The van der Waals surface area contributed by atoms with Gasteiger partial charge in [0.1, 0.15) is 5.82 Å². The molecule has 1 amide bonds. The first-order valence-corrected chi connectivity index (χ1v) is 6.69. The fourth-order valence-electron chi connectivity index (χ4n) is 1.46. The van der Waals surface area contributed by atoms with Crippen molar-refractivity contribution >= 4 is 17.5 Å². The van der Waals surface area contributed by atoms with E-state index in [1.165, 1.54) is 12.1 Å². The molecule has 0 aliphatic heterocycles. The topological polar surface area (TPSA) is 38.3 Å². The van der Waals surface area contributed by atoms with E-state index in [4.69, 9.17) is 16.3 Å². The highest BCUT2D eigenvalue weighted by Crippen LogP contribution is 2.14. The highest BCUT2D eigenvalue weighted by atomic mass is 35.5. The zero-order chi connectivity index (χ0) is 14.3. The van der Waals surface area contributed by atoms with Crippen LogP contribution in [0.5, 0.6) is 0 Å². The van der Waals surface area contributed by atoms with Crippen molar-refractivity contribution in [1.82, 2.24) is 5.32 Å². The quantitative estimate of drug-likeness (QED) is 0.782. The SMILES string of the molecule is CC(C)COCCCNC(=O)c1ccc(Cl)cc1F. The molecular formula is C14H19ClFNO2. The number of nitrogens with one attached hydrogen (secondary N) is 1. The average Bonchev–Trinajstić information content (AvgIpc) is 2.32. The molecule has 106 valence electrons. The van der Waals surface area contributed by atoms with Crippen LogP contribution in [-0.4, -0.2) is 25.7 Å². The number of rotatable bonds is 7. The van der Waals surface area contributed by atoms with E-state index in [1.807, 2.05) is 0 Å². The summed E-state index contributed by atoms with van der Waals surface area (Å²) in [5, 5.41) is 2.92. The number of carbonyl (C=O) groups excluding carboxylic acids is 1. The second kappa shape index (κ2) is 8.12. The Hall–Kier alpha value is -1.13. The lowest BCUT2D eigenvalue weighted by Crippen LogP contribution is -2.26. The minimum Gasteiger partial charge on any atom is -0.381 e. The van der Waals surface area contributed by atoms with Crippen LogP contribution in [0.4, 0.5) is 4.39 Å². The number of amides is 1. The molecule has 0 radical (unpaired) electrons. The van der Waals surface area contributed by atoms with E-state index in [0.717, 1.165) is 6.07 Å². The molecule has 1 aromatic carbocycles. The maximum absolute atomic E-state index is 13.4. The first-order valence-electron chi connectivity index (χ1n) is 6.31. The average molecular weight is 288 g/mol. The molecule has 1 aromatic rings. The van der Waals surface area contributed by atoms with Crippen molar-refractivity contribution in [2.45, 2.75) is 20.3 Å². The Bertz CT molecular complexity index is 424. The molecule has 0 spiro atoms. The van der Waals surface area contributed by atoms with E-state index in [-0.39, 0.29) is 10.6 Å². The van der Waals surface area contributed by atoms with Gasteiger partial charge in [0.15, 0.2) is 0 Å². The molecule has 0 atom stereocenters. The van der Waals surface area contributed by atoms with Gasteiger partial charge >= 0.3 is 0 Å². The van der Waals surface area contributed by atoms with Gasteiger partial charge in [-0.25, -0.2) is 4.39 Å². The third-order valence-electron chi connectivity index (χ3n) is 2.38. The third kappa shape index (κ3) is 6.03. The number of hydrogen-bond acceptors (Lipinski definition) is 2. The molecule has 0 bridgehead atoms. The Labute approximate surface area is 118 Å². The summed E-state index contributed by atoms with van der Waals surface area (Å²) in [6.45, 7) is 5.90. The van der Waals surface area contributed by atoms with E-state index in [2.05, 4.69) is 19.2 Å². The summed E-state index contributed by atoms with van der Waals surface area (Å²) in [4.78, 5) is 11.7. The fraction of sp³-hybridized carbons (Fsp3) is 0.500. The maximum atomic E-state index is 13.4. The Morgan fingerprint density at radius 1 is 1.47 bits per heavy atom. The zero-order valence-corrected chi connectivity index (χ0v) is 12.0. The van der Waals surface area contributed by atoms with Gasteiger partial charge in [-0.3, -0.25) is 4.79 Å². The van der Waals surface area contributed by atoms with Crippen molar-refractivity contribution in [2.75, 3.05) is 19.8 Å². The Morgan fingerprint density at radius 3 is 2.84 bits per heavy atom. The van der Waals surface area contributed by atoms with Gasteiger partial charge in [-0.05, 0) is 30.5 Å². The monoisotopic (exact) mass is 287 g/mol. The standard InChI is InChI=1S/C14H19ClFNO2/c1-10(2)9-19-7-3-6-17-14(18)12-5-4-11(15)8-13(12)16/h4-5,8,10H,3,6-7,9H2,1-2H3,(H,17,18). The Balaban J connectivity index is 2.28. The summed E-state index contributed by atoms with van der Waals surface area (Å²) in [6, 6.07) is 4.00. The van der Waals surface area contributed by atoms with E-state index in [9.17, 15) is 9.18 Å². The smallest absolute Gasteiger partial charge is 0.254 e. The van der Waals surface area contributed by atoms with Crippen molar-refractivity contribution in [1.29, 1.82) is 0 Å². The predicted molar refractivity (Wildman–Crippen MR) is 74.0 cm³/mol. The molecule has 0 aliphatic rings. The lowest BCUT2D eigenvalue weighted by molar-refractivity contribution is 0.0921. The van der Waals surface area contributed by atoms with Crippen LogP contribution in [0.15, 0.2) is 18.2 Å². The molecule has 1 N–H and O–H groups in total. The van der Waals surface area contributed by atoms with Crippen LogP contribution in [0.2, 0.25) is 5.02 Å². The summed E-state index contributed by atoms with van der Waals surface area (Å²) in [5.41, 5.74) is 0.00694. The van der Waals surface area contributed by atoms with Gasteiger partial charge in [0.2, 0.25) is 0 Å². The van der Waals surface area contributed by atoms with Crippen LogP contribution in [0.25, 0.3) is 0 Å². The maximum Gasteiger partial charge on any atom is 0.254 e. The van der Waals surface area contributed by atoms with Crippen molar-refractivity contribution < 1.29 is 13.9 Å². The molecule has 1 rings (SSSR count). The lowest BCUT2D eigenvalue weighted by atomic mass is 10.2. The highest BCUT2D eigenvalue weighted by molar-refractivity contribution is 6.30. The molecular weight excluding hydrogens is 269 g/mol. The van der Waals surface area contributed by atoms with Gasteiger partial charge in [0.05, 0.1) is 5.56 Å². The minimum absolute atomic E-state index is 0.00694. The van der Waals surface area contributed by atoms with Crippen molar-refractivity contribution in [2.24, 2.45) is 5.92 Å². The van der Waals surface area contributed by atoms with Gasteiger partial charge in [0.25, 0.3) is 5.91 Å². The summed E-state index contributed by atoms with van der Waals surface area (Å²) in [5.74, 6) is -0.545. The van der Waals surface area contributed by atoms with E-state index in [0.29, 0.717) is 32.1 Å². The first kappa shape index (κ1) is 15.9. The molecule has 3 nitrogen and oxygen atoms in total. The van der Waals surface area contributed by atoms with Gasteiger partial charge < -0.3 is 10.1 Å². The summed E-state index contributed by atoms with van der Waals surface area (Å²) < 4.78 is 18.8. The van der Waals surface area contributed by atoms with E-state index in [1.54, 1.807) is 0 Å². The van der Waals surface area contributed by atoms with Crippen LogP contribution in [0, 0.1) is 11.7 Å². The molecule has 0 unspecified atom stereocenters. The van der Waals surface area contributed by atoms with Crippen LogP contribution in [0.1, 0.15) is 30.6 Å². The summed E-state index contributed by atoms with van der Waals surface area (Å²) in [6.07, 6.45) is 0.702. The van der Waals surface area contributed by atoms with E-state index >= 15 is 0 Å². The number of hydrogen-bond donors (Lipinski definition) is 1. The first-order chi connectivity index (χ1) is 9.00. The van der Waals surface area contributed by atoms with Gasteiger partial charge in [-0.2, -0.15) is 0 Å². The predicted octanol–water partition coefficient (Wildman–Crippen LogP) is 3.27. The summed E-state index contributed by atoms with van der Waals surface area (Å²) >= 11 is 5.62. The van der Waals surface area contributed by atoms with Crippen LogP contribution < -0.4 is 5.32 Å². The second-order valence-electron chi connectivity index (χ2n) is 4.70. The molecule has 0 saturated heterocycles. The van der Waals surface area contributed by atoms with E-state index < -0.39 is 11.7 Å². The fourth-order valence-corrected chi connectivity index (χ4v) is 1.62. The highest BCUT2D eigenvalue weighted by Gasteiger charge is 2.11. The minimum atomic E-state index is -0.610. The van der Waals surface area contributed by atoms with Gasteiger partial charge in [-0.1, -0.05) is 25.4 Å². The number of carbonyl (C=O) groups is 1. The summed E-state index contributed by atoms with van der Waals surface area (Å²) in [7, 11) is 0. The Kier molecular flexibility index (Phi) is 6.81. The third-order valence-corrected chi connectivity index (χ3v) is 2.61. The van der Waals surface area contributed by atoms with Crippen LogP contribution >= 0.6 is 11.6 Å². The van der Waals surface area contributed by atoms with Gasteiger partial charge in [-0.15, -0.1) is 0 Å². The van der Waals surface area contributed by atoms with Crippen LogP contribution in [-0.2, 0) is 4.74 Å². The molecule has 0 aliphatic carbocycles. The zero-order valence-electron chi connectivity index (χ0n) is 11.2. The number of halogens is 2. The molecule has 0 saturated carbocycles. The van der Waals surface area contributed by atoms with Gasteiger partial charge in [0, 0.05) is 24.8 Å². The number of ether oxygens (including phenoxy) is 1. The van der Waals surface area contributed by atoms with Crippen molar-refractivity contribution in [3.63, 3.8) is 0 Å². The van der Waals surface area contributed by atoms with Crippen molar-refractivity contribution in [3.8, 4) is 0 Å². The molecule has 19 heavy (non-hydrogen) atoms.